The summed E-state index contributed by atoms with van der Waals surface area (Å²) in [5, 5.41) is 4.24. The molecule has 1 unspecified atom stereocenters. The minimum Gasteiger partial charge on any atom is -0.366 e. The zero-order chi connectivity index (χ0) is 18.4. The molecule has 1 aromatic carbocycles. The van der Waals surface area contributed by atoms with Crippen LogP contribution in [-0.2, 0) is 18.3 Å². The lowest BCUT2D eigenvalue weighted by Gasteiger charge is -2.21. The molecule has 0 saturated heterocycles. The van der Waals surface area contributed by atoms with Crippen molar-refractivity contribution in [3.8, 4) is 0 Å². The number of aromatic nitrogens is 3. The second-order valence-corrected chi connectivity index (χ2v) is 6.28. The number of benzene rings is 1. The lowest BCUT2D eigenvalue weighted by atomic mass is 10.1. The highest BCUT2D eigenvalue weighted by Crippen LogP contribution is 2.24. The van der Waals surface area contributed by atoms with E-state index in [9.17, 15) is 4.39 Å². The fraction of sp³-hybridized carbons (Fsp3) is 0.300. The number of aryl methyl sites for hydroxylation is 1. The van der Waals surface area contributed by atoms with Gasteiger partial charge in [-0.05, 0) is 36.9 Å². The van der Waals surface area contributed by atoms with Crippen molar-refractivity contribution in [2.45, 2.75) is 12.6 Å². The third-order valence-electron chi connectivity index (χ3n) is 4.21. The van der Waals surface area contributed by atoms with Gasteiger partial charge in [0.1, 0.15) is 11.9 Å². The van der Waals surface area contributed by atoms with Gasteiger partial charge in [-0.1, -0.05) is 18.2 Å². The van der Waals surface area contributed by atoms with Crippen LogP contribution in [0.15, 0.2) is 61.1 Å². The van der Waals surface area contributed by atoms with E-state index in [1.807, 2.05) is 49.2 Å². The molecule has 136 valence electrons. The molecule has 0 fully saturated rings. The van der Waals surface area contributed by atoms with Crippen LogP contribution in [0.1, 0.15) is 22.9 Å². The monoisotopic (exact) mass is 354 g/mol. The van der Waals surface area contributed by atoms with Crippen molar-refractivity contribution < 1.29 is 9.13 Å². The summed E-state index contributed by atoms with van der Waals surface area (Å²) >= 11 is 0. The summed E-state index contributed by atoms with van der Waals surface area (Å²) in [5.74, 6) is -0.208. The second-order valence-electron chi connectivity index (χ2n) is 6.28. The van der Waals surface area contributed by atoms with Gasteiger partial charge < -0.3 is 4.74 Å². The van der Waals surface area contributed by atoms with Crippen LogP contribution in [0.3, 0.4) is 0 Å². The number of nitrogens with zero attached hydrogens (tertiary/aromatic N) is 4. The first-order chi connectivity index (χ1) is 12.6. The molecule has 1 atom stereocenters. The van der Waals surface area contributed by atoms with Gasteiger partial charge in [0, 0.05) is 44.3 Å². The molecule has 2 aromatic heterocycles. The lowest BCUT2D eigenvalue weighted by Crippen LogP contribution is -2.24. The SMILES string of the molecule is CN(CCOC(c1cccnc1)c1ccnn1C)Cc1cccc(F)c1. The molecule has 6 heteroatoms. The van der Waals surface area contributed by atoms with E-state index in [1.165, 1.54) is 6.07 Å². The molecular formula is C20H23FN4O. The Kier molecular flexibility index (Phi) is 6.09. The van der Waals surface area contributed by atoms with Crippen molar-refractivity contribution in [2.24, 2.45) is 7.05 Å². The first-order valence-electron chi connectivity index (χ1n) is 8.56. The first kappa shape index (κ1) is 18.2. The Balaban J connectivity index is 1.61. The minimum atomic E-state index is -0.223. The Hall–Kier alpha value is -2.57. The molecular weight excluding hydrogens is 331 g/mol. The molecule has 26 heavy (non-hydrogen) atoms. The third kappa shape index (κ3) is 4.74. The van der Waals surface area contributed by atoms with Crippen LogP contribution in [0.5, 0.6) is 0 Å². The molecule has 0 aliphatic heterocycles. The average Bonchev–Trinajstić information content (AvgIpc) is 3.05. The molecule has 0 saturated carbocycles. The summed E-state index contributed by atoms with van der Waals surface area (Å²) in [6, 6.07) is 12.5. The maximum absolute atomic E-state index is 13.3. The standard InChI is InChI=1S/C20H23FN4O/c1-24(15-16-5-3-7-18(21)13-16)11-12-26-20(17-6-4-9-22-14-17)19-8-10-23-25(19)2/h3-10,13-14,20H,11-12,15H2,1-2H3. The quantitative estimate of drug-likeness (QED) is 0.623. The molecule has 0 radical (unpaired) electrons. The van der Waals surface area contributed by atoms with Crippen LogP contribution in [0.4, 0.5) is 4.39 Å². The first-order valence-corrected chi connectivity index (χ1v) is 8.56. The van der Waals surface area contributed by atoms with Gasteiger partial charge in [0.25, 0.3) is 0 Å². The molecule has 0 amide bonds. The fourth-order valence-corrected chi connectivity index (χ4v) is 2.88. The van der Waals surface area contributed by atoms with E-state index in [2.05, 4.69) is 15.0 Å². The number of likely N-dealkylation sites (N-methyl/N-ethyl adjacent to an activating group) is 1. The highest BCUT2D eigenvalue weighted by Gasteiger charge is 2.18. The summed E-state index contributed by atoms with van der Waals surface area (Å²) in [7, 11) is 3.90. The number of ether oxygens (including phenoxy) is 1. The fourth-order valence-electron chi connectivity index (χ4n) is 2.88. The van der Waals surface area contributed by atoms with Crippen LogP contribution in [0, 0.1) is 5.82 Å². The van der Waals surface area contributed by atoms with Crippen LogP contribution in [0.25, 0.3) is 0 Å². The number of rotatable bonds is 8. The van der Waals surface area contributed by atoms with Crippen molar-refractivity contribution in [1.82, 2.24) is 19.7 Å². The Morgan fingerprint density at radius 3 is 2.77 bits per heavy atom. The number of hydrogen-bond acceptors (Lipinski definition) is 4. The van der Waals surface area contributed by atoms with Crippen LogP contribution >= 0.6 is 0 Å². The molecule has 0 aliphatic rings. The van der Waals surface area contributed by atoms with E-state index in [-0.39, 0.29) is 11.9 Å². The van der Waals surface area contributed by atoms with E-state index in [0.29, 0.717) is 13.2 Å². The molecule has 0 N–H and O–H groups in total. The van der Waals surface area contributed by atoms with Gasteiger partial charge in [-0.2, -0.15) is 5.10 Å². The summed E-state index contributed by atoms with van der Waals surface area (Å²) in [5.41, 5.74) is 2.91. The maximum atomic E-state index is 13.3. The predicted molar refractivity (Wildman–Crippen MR) is 98.0 cm³/mol. The van der Waals surface area contributed by atoms with Crippen LogP contribution < -0.4 is 0 Å². The normalized spacial score (nSPS) is 12.5. The van der Waals surface area contributed by atoms with Gasteiger partial charge in [0.05, 0.1) is 12.3 Å². The van der Waals surface area contributed by atoms with E-state index in [4.69, 9.17) is 4.74 Å². The van der Waals surface area contributed by atoms with Crippen molar-refractivity contribution >= 4 is 0 Å². The van der Waals surface area contributed by atoms with Crippen LogP contribution in [-0.4, -0.2) is 39.9 Å². The third-order valence-corrected chi connectivity index (χ3v) is 4.21. The van der Waals surface area contributed by atoms with Crippen molar-refractivity contribution in [3.05, 3.63) is 83.7 Å². The molecule has 5 nitrogen and oxygen atoms in total. The summed E-state index contributed by atoms with van der Waals surface area (Å²) in [6.45, 7) is 1.94. The summed E-state index contributed by atoms with van der Waals surface area (Å²) in [6.07, 6.45) is 5.10. The van der Waals surface area contributed by atoms with Gasteiger partial charge >= 0.3 is 0 Å². The summed E-state index contributed by atoms with van der Waals surface area (Å²) < 4.78 is 21.3. The molecule has 2 heterocycles. The lowest BCUT2D eigenvalue weighted by molar-refractivity contribution is 0.0587. The van der Waals surface area contributed by atoms with Gasteiger partial charge in [0.15, 0.2) is 0 Å². The number of halogens is 1. The molecule has 3 rings (SSSR count). The molecule has 3 aromatic rings. The number of pyridine rings is 1. The van der Waals surface area contributed by atoms with Crippen LogP contribution in [0.2, 0.25) is 0 Å². The van der Waals surface area contributed by atoms with Gasteiger partial charge in [-0.15, -0.1) is 0 Å². The smallest absolute Gasteiger partial charge is 0.126 e. The maximum Gasteiger partial charge on any atom is 0.126 e. The highest BCUT2D eigenvalue weighted by atomic mass is 19.1. The van der Waals surface area contributed by atoms with Crippen molar-refractivity contribution in [3.63, 3.8) is 0 Å². The Bertz CT molecular complexity index is 821. The Morgan fingerprint density at radius 2 is 2.08 bits per heavy atom. The predicted octanol–water partition coefficient (Wildman–Crippen LogP) is 3.19. The van der Waals surface area contributed by atoms with Gasteiger partial charge in [-0.25, -0.2) is 4.39 Å². The Morgan fingerprint density at radius 1 is 1.19 bits per heavy atom. The van der Waals surface area contributed by atoms with E-state index >= 15 is 0 Å². The largest absolute Gasteiger partial charge is 0.366 e. The minimum absolute atomic E-state index is 0.208. The second kappa shape index (κ2) is 8.69. The number of hydrogen-bond donors (Lipinski definition) is 0. The van der Waals surface area contributed by atoms with Gasteiger partial charge in [0.2, 0.25) is 0 Å². The summed E-state index contributed by atoms with van der Waals surface area (Å²) in [4.78, 5) is 6.31. The van der Waals surface area contributed by atoms with Crippen molar-refractivity contribution in [1.29, 1.82) is 0 Å². The molecule has 0 aliphatic carbocycles. The highest BCUT2D eigenvalue weighted by molar-refractivity contribution is 5.23. The average molecular weight is 354 g/mol. The topological polar surface area (TPSA) is 43.2 Å². The van der Waals surface area contributed by atoms with Gasteiger partial charge in [-0.3, -0.25) is 14.6 Å². The van der Waals surface area contributed by atoms with E-state index < -0.39 is 0 Å². The molecule has 0 bridgehead atoms. The van der Waals surface area contributed by atoms with E-state index in [0.717, 1.165) is 23.4 Å². The Labute approximate surface area is 153 Å². The zero-order valence-corrected chi connectivity index (χ0v) is 15.0. The zero-order valence-electron chi connectivity index (χ0n) is 15.0. The molecule has 0 spiro atoms. The van der Waals surface area contributed by atoms with E-state index in [1.54, 1.807) is 24.5 Å². The van der Waals surface area contributed by atoms with Crippen molar-refractivity contribution in [2.75, 3.05) is 20.2 Å².